The predicted molar refractivity (Wildman–Crippen MR) is 83.7 cm³/mol. The van der Waals surface area contributed by atoms with Gasteiger partial charge in [-0.05, 0) is 25.0 Å². The third kappa shape index (κ3) is 3.39. The zero-order chi connectivity index (χ0) is 15.4. The number of rotatable bonds is 4. The standard InChI is InChI=1S/C16H20N2O3S/c19-14(15-6-4-8-21-15)9-12-5-2-1-3-7-18(12)16(20)13-10-22-11-17-13/h4,6,8,10-12,14,19H,1-3,5,7,9H2. The molecule has 3 rings (SSSR count). The number of hydrogen-bond donors (Lipinski definition) is 1. The van der Waals surface area contributed by atoms with Crippen molar-refractivity contribution in [1.29, 1.82) is 0 Å². The summed E-state index contributed by atoms with van der Waals surface area (Å²) in [6.45, 7) is 0.728. The molecular weight excluding hydrogens is 300 g/mol. The van der Waals surface area contributed by atoms with Gasteiger partial charge in [0.15, 0.2) is 0 Å². The molecule has 0 aromatic carbocycles. The molecule has 1 amide bonds. The number of aromatic nitrogens is 1. The maximum atomic E-state index is 12.7. The first-order chi connectivity index (χ1) is 10.8. The molecule has 3 heterocycles. The minimum Gasteiger partial charge on any atom is -0.467 e. The first-order valence-corrected chi connectivity index (χ1v) is 8.60. The van der Waals surface area contributed by atoms with E-state index < -0.39 is 6.10 Å². The lowest BCUT2D eigenvalue weighted by atomic mass is 10.0. The molecule has 1 saturated heterocycles. The molecule has 0 saturated carbocycles. The fourth-order valence-corrected chi connectivity index (χ4v) is 3.54. The first-order valence-electron chi connectivity index (χ1n) is 7.66. The highest BCUT2D eigenvalue weighted by Crippen LogP contribution is 2.27. The quantitative estimate of drug-likeness (QED) is 0.939. The average Bonchev–Trinajstić information content (AvgIpc) is 3.18. The van der Waals surface area contributed by atoms with E-state index >= 15 is 0 Å². The lowest BCUT2D eigenvalue weighted by Crippen LogP contribution is -2.41. The zero-order valence-electron chi connectivity index (χ0n) is 12.4. The van der Waals surface area contributed by atoms with Crippen molar-refractivity contribution in [2.24, 2.45) is 0 Å². The van der Waals surface area contributed by atoms with Crippen LogP contribution in [0.4, 0.5) is 0 Å². The topological polar surface area (TPSA) is 66.6 Å². The summed E-state index contributed by atoms with van der Waals surface area (Å²) in [5.74, 6) is 0.532. The van der Waals surface area contributed by atoms with E-state index in [-0.39, 0.29) is 11.9 Å². The summed E-state index contributed by atoms with van der Waals surface area (Å²) >= 11 is 1.43. The van der Waals surface area contributed by atoms with Crippen molar-refractivity contribution < 1.29 is 14.3 Å². The molecule has 1 fully saturated rings. The second-order valence-electron chi connectivity index (χ2n) is 5.64. The van der Waals surface area contributed by atoms with Crippen LogP contribution in [0, 0.1) is 0 Å². The molecular formula is C16H20N2O3S. The van der Waals surface area contributed by atoms with Gasteiger partial charge in [-0.3, -0.25) is 4.79 Å². The molecule has 2 atom stereocenters. The monoisotopic (exact) mass is 320 g/mol. The highest BCUT2D eigenvalue weighted by Gasteiger charge is 2.29. The molecule has 1 aliphatic rings. The number of furan rings is 1. The maximum Gasteiger partial charge on any atom is 0.273 e. The number of carbonyl (C=O) groups excluding carboxylic acids is 1. The van der Waals surface area contributed by atoms with Gasteiger partial charge < -0.3 is 14.4 Å². The number of hydrogen-bond acceptors (Lipinski definition) is 5. The van der Waals surface area contributed by atoms with Gasteiger partial charge in [-0.15, -0.1) is 11.3 Å². The summed E-state index contributed by atoms with van der Waals surface area (Å²) in [7, 11) is 0. The molecule has 0 bridgehead atoms. The van der Waals surface area contributed by atoms with Gasteiger partial charge in [-0.2, -0.15) is 0 Å². The summed E-state index contributed by atoms with van der Waals surface area (Å²) in [6.07, 6.45) is 5.50. The van der Waals surface area contributed by atoms with E-state index in [1.165, 1.54) is 11.3 Å². The Kier molecular flexibility index (Phi) is 4.90. The molecule has 5 nitrogen and oxygen atoms in total. The van der Waals surface area contributed by atoms with Crippen LogP contribution in [-0.2, 0) is 0 Å². The van der Waals surface area contributed by atoms with E-state index in [0.29, 0.717) is 17.9 Å². The van der Waals surface area contributed by atoms with Crippen LogP contribution in [0.2, 0.25) is 0 Å². The number of nitrogens with zero attached hydrogens (tertiary/aromatic N) is 2. The van der Waals surface area contributed by atoms with Crippen molar-refractivity contribution in [2.75, 3.05) is 6.54 Å². The Morgan fingerprint density at radius 3 is 3.14 bits per heavy atom. The molecule has 118 valence electrons. The van der Waals surface area contributed by atoms with Gasteiger partial charge in [-0.25, -0.2) is 4.98 Å². The lowest BCUT2D eigenvalue weighted by Gasteiger charge is -2.30. The summed E-state index contributed by atoms with van der Waals surface area (Å²) in [5.41, 5.74) is 2.18. The Labute approximate surface area is 133 Å². The van der Waals surface area contributed by atoms with Crippen molar-refractivity contribution in [2.45, 2.75) is 44.2 Å². The molecule has 1 N–H and O–H groups in total. The third-order valence-corrected chi connectivity index (χ3v) is 4.74. The predicted octanol–water partition coefficient (Wildman–Crippen LogP) is 3.24. The Bertz CT molecular complexity index is 583. The summed E-state index contributed by atoms with van der Waals surface area (Å²) < 4.78 is 5.27. The molecule has 2 aromatic rings. The van der Waals surface area contributed by atoms with Crippen molar-refractivity contribution in [3.05, 3.63) is 40.7 Å². The Morgan fingerprint density at radius 1 is 1.50 bits per heavy atom. The fourth-order valence-electron chi connectivity index (χ4n) is 3.01. The Hall–Kier alpha value is -1.66. The molecule has 22 heavy (non-hydrogen) atoms. The van der Waals surface area contributed by atoms with E-state index in [2.05, 4.69) is 4.98 Å². The number of carbonyl (C=O) groups is 1. The van der Waals surface area contributed by atoms with Crippen LogP contribution in [-0.4, -0.2) is 33.5 Å². The van der Waals surface area contributed by atoms with Crippen LogP contribution in [0.15, 0.2) is 33.7 Å². The molecule has 0 aliphatic carbocycles. The number of aliphatic hydroxyl groups excluding tert-OH is 1. The largest absolute Gasteiger partial charge is 0.467 e. The molecule has 2 aromatic heterocycles. The van der Waals surface area contributed by atoms with Crippen LogP contribution in [0.5, 0.6) is 0 Å². The van der Waals surface area contributed by atoms with Gasteiger partial charge in [0.05, 0.1) is 11.8 Å². The number of thiazole rings is 1. The van der Waals surface area contributed by atoms with Crippen LogP contribution in [0.3, 0.4) is 0 Å². The normalized spacial score (nSPS) is 20.6. The highest BCUT2D eigenvalue weighted by atomic mass is 32.1. The Balaban J connectivity index is 1.74. The van der Waals surface area contributed by atoms with Gasteiger partial charge in [0.25, 0.3) is 5.91 Å². The molecule has 2 unspecified atom stereocenters. The van der Waals surface area contributed by atoms with E-state index in [0.717, 1.165) is 32.2 Å². The summed E-state index contributed by atoms with van der Waals surface area (Å²) in [5, 5.41) is 12.1. The fraction of sp³-hybridized carbons (Fsp3) is 0.500. The minimum atomic E-state index is -0.677. The zero-order valence-corrected chi connectivity index (χ0v) is 13.2. The molecule has 0 radical (unpaired) electrons. The number of aliphatic hydroxyl groups is 1. The van der Waals surface area contributed by atoms with Crippen LogP contribution in [0.25, 0.3) is 0 Å². The van der Waals surface area contributed by atoms with Crippen LogP contribution in [0.1, 0.15) is 54.5 Å². The van der Waals surface area contributed by atoms with Gasteiger partial charge in [0.2, 0.25) is 0 Å². The van der Waals surface area contributed by atoms with Crippen molar-refractivity contribution >= 4 is 17.2 Å². The first kappa shape index (κ1) is 15.2. The lowest BCUT2D eigenvalue weighted by molar-refractivity contribution is 0.0553. The summed E-state index contributed by atoms with van der Waals surface area (Å²) in [6, 6.07) is 3.56. The van der Waals surface area contributed by atoms with Crippen molar-refractivity contribution in [3.63, 3.8) is 0 Å². The second-order valence-corrected chi connectivity index (χ2v) is 6.36. The molecule has 1 aliphatic heterocycles. The maximum absolute atomic E-state index is 12.7. The van der Waals surface area contributed by atoms with Crippen LogP contribution >= 0.6 is 11.3 Å². The highest BCUT2D eigenvalue weighted by molar-refractivity contribution is 7.07. The van der Waals surface area contributed by atoms with E-state index in [1.54, 1.807) is 29.3 Å². The van der Waals surface area contributed by atoms with E-state index in [4.69, 9.17) is 4.42 Å². The third-order valence-electron chi connectivity index (χ3n) is 4.16. The number of amides is 1. The number of likely N-dealkylation sites (tertiary alicyclic amines) is 1. The average molecular weight is 320 g/mol. The van der Waals surface area contributed by atoms with Gasteiger partial charge in [0, 0.05) is 24.4 Å². The smallest absolute Gasteiger partial charge is 0.273 e. The van der Waals surface area contributed by atoms with Gasteiger partial charge in [-0.1, -0.05) is 12.8 Å². The Morgan fingerprint density at radius 2 is 2.41 bits per heavy atom. The second kappa shape index (κ2) is 7.07. The van der Waals surface area contributed by atoms with Crippen molar-refractivity contribution in [3.8, 4) is 0 Å². The van der Waals surface area contributed by atoms with Crippen molar-refractivity contribution in [1.82, 2.24) is 9.88 Å². The SMILES string of the molecule is O=C(c1cscn1)N1CCCCCC1CC(O)c1ccco1. The van der Waals surface area contributed by atoms with Crippen LogP contribution < -0.4 is 0 Å². The molecule has 6 heteroatoms. The van der Waals surface area contributed by atoms with E-state index in [1.807, 2.05) is 4.90 Å². The minimum absolute atomic E-state index is 0.0248. The molecule has 0 spiro atoms. The summed E-state index contributed by atoms with van der Waals surface area (Å²) in [4.78, 5) is 18.7. The van der Waals surface area contributed by atoms with E-state index in [9.17, 15) is 9.90 Å². The van der Waals surface area contributed by atoms with Gasteiger partial charge >= 0.3 is 0 Å². The van der Waals surface area contributed by atoms with Gasteiger partial charge in [0.1, 0.15) is 17.6 Å².